The van der Waals surface area contributed by atoms with Gasteiger partial charge in [0.2, 0.25) is 0 Å². The molecule has 1 atom stereocenters. The minimum absolute atomic E-state index is 0.0849. The van der Waals surface area contributed by atoms with Crippen LogP contribution >= 0.6 is 0 Å². The van der Waals surface area contributed by atoms with E-state index in [0.29, 0.717) is 29.0 Å². The number of carbonyl (C=O) groups excluding carboxylic acids is 2. The molecule has 0 saturated carbocycles. The van der Waals surface area contributed by atoms with Gasteiger partial charge in [0.15, 0.2) is 0 Å². The monoisotopic (exact) mass is 467 g/mol. The predicted octanol–water partition coefficient (Wildman–Crippen LogP) is 3.68. The molecule has 2 aromatic rings. The van der Waals surface area contributed by atoms with Crippen molar-refractivity contribution in [1.29, 1.82) is 0 Å². The van der Waals surface area contributed by atoms with Crippen molar-refractivity contribution in [3.8, 4) is 5.75 Å². The quantitative estimate of drug-likeness (QED) is 0.197. The van der Waals surface area contributed by atoms with E-state index in [1.165, 1.54) is 30.2 Å². The number of amides is 1. The summed E-state index contributed by atoms with van der Waals surface area (Å²) in [6.45, 7) is 8.06. The molecule has 9 heteroatoms. The van der Waals surface area contributed by atoms with Crippen LogP contribution in [0.15, 0.2) is 48.0 Å². The maximum atomic E-state index is 13.2. The fourth-order valence-electron chi connectivity index (χ4n) is 4.23. The minimum Gasteiger partial charge on any atom is -0.507 e. The van der Waals surface area contributed by atoms with Crippen LogP contribution in [0.5, 0.6) is 5.75 Å². The average molecular weight is 468 g/mol. The van der Waals surface area contributed by atoms with Crippen LogP contribution in [0.1, 0.15) is 36.6 Å². The summed E-state index contributed by atoms with van der Waals surface area (Å²) >= 11 is 0. The van der Waals surface area contributed by atoms with Gasteiger partial charge in [-0.1, -0.05) is 26.0 Å². The SMILES string of the molecule is CCN(CC)CCN1C(=O)C(=O)C(=C(O)c2ccc(OC)cc2C)[C@@H]1c1cccc([N+](=O)[O-])c1. The highest BCUT2D eigenvalue weighted by Gasteiger charge is 2.46. The summed E-state index contributed by atoms with van der Waals surface area (Å²) in [7, 11) is 1.53. The second-order valence-electron chi connectivity index (χ2n) is 8.05. The number of aryl methyl sites for hydroxylation is 1. The number of ketones is 1. The number of aliphatic hydroxyl groups excluding tert-OH is 1. The Balaban J connectivity index is 2.17. The van der Waals surface area contributed by atoms with Crippen molar-refractivity contribution in [3.63, 3.8) is 0 Å². The molecule has 3 rings (SSSR count). The van der Waals surface area contributed by atoms with Gasteiger partial charge in [-0.05, 0) is 49.3 Å². The molecule has 34 heavy (non-hydrogen) atoms. The number of likely N-dealkylation sites (tertiary alicyclic amines) is 1. The second kappa shape index (κ2) is 10.5. The van der Waals surface area contributed by atoms with Crippen LogP contribution in [0, 0.1) is 17.0 Å². The minimum atomic E-state index is -0.947. The van der Waals surface area contributed by atoms with Gasteiger partial charge in [0, 0.05) is 30.8 Å². The predicted molar refractivity (Wildman–Crippen MR) is 128 cm³/mol. The number of ether oxygens (including phenoxy) is 1. The lowest BCUT2D eigenvalue weighted by Gasteiger charge is -2.28. The van der Waals surface area contributed by atoms with Crippen LogP contribution in [0.4, 0.5) is 5.69 Å². The second-order valence-corrected chi connectivity index (χ2v) is 8.05. The third kappa shape index (κ3) is 4.79. The zero-order valence-electron chi connectivity index (χ0n) is 19.8. The Labute approximate surface area is 198 Å². The number of hydrogen-bond acceptors (Lipinski definition) is 7. The van der Waals surface area contributed by atoms with Gasteiger partial charge in [-0.3, -0.25) is 19.7 Å². The van der Waals surface area contributed by atoms with Crippen molar-refractivity contribution in [2.75, 3.05) is 33.3 Å². The first-order valence-corrected chi connectivity index (χ1v) is 11.1. The number of nitrogens with zero attached hydrogens (tertiary/aromatic N) is 3. The molecule has 0 bridgehead atoms. The lowest BCUT2D eigenvalue weighted by Crippen LogP contribution is -2.38. The summed E-state index contributed by atoms with van der Waals surface area (Å²) in [5.74, 6) is -1.29. The van der Waals surface area contributed by atoms with Gasteiger partial charge in [0.25, 0.3) is 17.4 Å². The van der Waals surface area contributed by atoms with E-state index in [2.05, 4.69) is 4.90 Å². The van der Waals surface area contributed by atoms with E-state index in [-0.39, 0.29) is 23.6 Å². The molecule has 180 valence electrons. The Hall–Kier alpha value is -3.72. The largest absolute Gasteiger partial charge is 0.507 e. The molecule has 1 N–H and O–H groups in total. The van der Waals surface area contributed by atoms with Gasteiger partial charge in [-0.2, -0.15) is 0 Å². The van der Waals surface area contributed by atoms with E-state index in [1.54, 1.807) is 31.2 Å². The van der Waals surface area contributed by atoms with Crippen LogP contribution in [-0.4, -0.2) is 64.8 Å². The van der Waals surface area contributed by atoms with Crippen molar-refractivity contribution < 1.29 is 24.4 Å². The number of rotatable bonds is 9. The van der Waals surface area contributed by atoms with E-state index in [4.69, 9.17) is 4.74 Å². The van der Waals surface area contributed by atoms with Crippen LogP contribution < -0.4 is 4.74 Å². The standard InChI is InChI=1S/C25H29N3O6/c1-5-26(6-2)12-13-27-22(17-8-7-9-18(15-17)28(32)33)21(24(30)25(27)31)23(29)20-11-10-19(34-4)14-16(20)3/h7-11,14-15,22,29H,5-6,12-13H2,1-4H3/t22-/m0/s1. The van der Waals surface area contributed by atoms with Crippen LogP contribution in [0.3, 0.4) is 0 Å². The zero-order valence-corrected chi connectivity index (χ0v) is 19.8. The third-order valence-corrected chi connectivity index (χ3v) is 6.18. The maximum absolute atomic E-state index is 13.2. The molecule has 1 fully saturated rings. The summed E-state index contributed by atoms with van der Waals surface area (Å²) in [5.41, 5.74) is 1.19. The van der Waals surface area contributed by atoms with Crippen molar-refractivity contribution in [1.82, 2.24) is 9.80 Å². The van der Waals surface area contributed by atoms with E-state index < -0.39 is 22.7 Å². The van der Waals surface area contributed by atoms with E-state index in [1.807, 2.05) is 13.8 Å². The summed E-state index contributed by atoms with van der Waals surface area (Å²) in [4.78, 5) is 40.6. The van der Waals surface area contributed by atoms with Crippen molar-refractivity contribution in [2.45, 2.75) is 26.8 Å². The Morgan fingerprint density at radius 3 is 2.47 bits per heavy atom. The summed E-state index contributed by atoms with van der Waals surface area (Å²) in [6, 6.07) is 9.87. The maximum Gasteiger partial charge on any atom is 0.295 e. The molecule has 1 amide bonds. The molecule has 0 spiro atoms. The van der Waals surface area contributed by atoms with Crippen molar-refractivity contribution >= 4 is 23.1 Å². The topological polar surface area (TPSA) is 113 Å². The van der Waals surface area contributed by atoms with Gasteiger partial charge in [0.1, 0.15) is 11.5 Å². The number of aliphatic hydroxyl groups is 1. The van der Waals surface area contributed by atoms with E-state index >= 15 is 0 Å². The number of nitro benzene ring substituents is 1. The molecule has 9 nitrogen and oxygen atoms in total. The van der Waals surface area contributed by atoms with Crippen LogP contribution in [-0.2, 0) is 9.59 Å². The molecular formula is C25H29N3O6. The molecule has 0 unspecified atom stereocenters. The highest BCUT2D eigenvalue weighted by atomic mass is 16.6. The van der Waals surface area contributed by atoms with Crippen molar-refractivity contribution in [2.24, 2.45) is 0 Å². The van der Waals surface area contributed by atoms with Gasteiger partial charge < -0.3 is 19.6 Å². The number of hydrogen-bond donors (Lipinski definition) is 1. The number of carbonyl (C=O) groups is 2. The third-order valence-electron chi connectivity index (χ3n) is 6.18. The zero-order chi connectivity index (χ0) is 25.0. The number of non-ortho nitro benzene ring substituents is 1. The average Bonchev–Trinajstić information content (AvgIpc) is 3.09. The molecule has 1 aliphatic heterocycles. The van der Waals surface area contributed by atoms with E-state index in [9.17, 15) is 24.8 Å². The molecule has 2 aromatic carbocycles. The number of benzene rings is 2. The molecule has 1 saturated heterocycles. The Morgan fingerprint density at radius 2 is 1.88 bits per heavy atom. The van der Waals surface area contributed by atoms with Crippen LogP contribution in [0.25, 0.3) is 5.76 Å². The molecule has 1 aliphatic rings. The highest BCUT2D eigenvalue weighted by Crippen LogP contribution is 2.40. The number of likely N-dealkylation sites (N-methyl/N-ethyl adjacent to an activating group) is 1. The number of Topliss-reactive ketones (excluding diaryl/α,β-unsaturated/α-hetero) is 1. The molecular weight excluding hydrogens is 438 g/mol. The smallest absolute Gasteiger partial charge is 0.295 e. The molecule has 0 aliphatic carbocycles. The first-order valence-electron chi connectivity index (χ1n) is 11.1. The lowest BCUT2D eigenvalue weighted by molar-refractivity contribution is -0.384. The lowest BCUT2D eigenvalue weighted by atomic mass is 9.93. The van der Waals surface area contributed by atoms with Crippen molar-refractivity contribution in [3.05, 3.63) is 74.8 Å². The fourth-order valence-corrected chi connectivity index (χ4v) is 4.23. The molecule has 0 radical (unpaired) electrons. The number of methoxy groups -OCH3 is 1. The summed E-state index contributed by atoms with van der Waals surface area (Å²) in [6.07, 6.45) is 0. The summed E-state index contributed by atoms with van der Waals surface area (Å²) in [5, 5.41) is 22.6. The van der Waals surface area contributed by atoms with Gasteiger partial charge >= 0.3 is 0 Å². The normalized spacial score (nSPS) is 17.4. The molecule has 0 aromatic heterocycles. The Bertz CT molecular complexity index is 1140. The first kappa shape index (κ1) is 24.9. The van der Waals surface area contributed by atoms with Gasteiger partial charge in [-0.25, -0.2) is 0 Å². The van der Waals surface area contributed by atoms with E-state index in [0.717, 1.165) is 13.1 Å². The van der Waals surface area contributed by atoms with Gasteiger partial charge in [-0.15, -0.1) is 0 Å². The van der Waals surface area contributed by atoms with Crippen LogP contribution in [0.2, 0.25) is 0 Å². The Kier molecular flexibility index (Phi) is 7.68. The first-order chi connectivity index (χ1) is 16.2. The fraction of sp³-hybridized carbons (Fsp3) is 0.360. The van der Waals surface area contributed by atoms with Gasteiger partial charge in [0.05, 0.1) is 23.6 Å². The number of nitro groups is 1. The molecule has 1 heterocycles. The highest BCUT2D eigenvalue weighted by molar-refractivity contribution is 6.46. The Morgan fingerprint density at radius 1 is 1.18 bits per heavy atom. The summed E-state index contributed by atoms with van der Waals surface area (Å²) < 4.78 is 5.22.